The van der Waals surface area contributed by atoms with E-state index in [9.17, 15) is 8.78 Å². The zero-order valence-electron chi connectivity index (χ0n) is 20.4. The molecular weight excluding hydrogens is 398 g/mol. The smallest absolute Gasteiger partial charge is 0.196 e. The number of halogens is 2. The van der Waals surface area contributed by atoms with Gasteiger partial charge in [0.25, 0.3) is 0 Å². The molecule has 1 rings (SSSR count). The number of unbranched alkanes of at least 4 members (excludes halogenated alkanes) is 2. The molecule has 3 nitrogen and oxygen atoms in total. The molecule has 0 amide bonds. The quantitative estimate of drug-likeness (QED) is 0.165. The van der Waals surface area contributed by atoms with Crippen LogP contribution in [0.25, 0.3) is 0 Å². The summed E-state index contributed by atoms with van der Waals surface area (Å²) in [5, 5.41) is 0. The Morgan fingerprint density at radius 3 is 2.29 bits per heavy atom. The van der Waals surface area contributed by atoms with E-state index < -0.39 is 11.7 Å². The molecule has 2 atom stereocenters. The Morgan fingerprint density at radius 1 is 1.00 bits per heavy atom. The molecule has 0 aromatic carbocycles. The molecule has 178 valence electrons. The van der Waals surface area contributed by atoms with Crippen molar-refractivity contribution in [2.24, 2.45) is 0 Å². The first kappa shape index (κ1) is 27.6. The highest BCUT2D eigenvalue weighted by molar-refractivity contribution is 5.40. The van der Waals surface area contributed by atoms with Crippen molar-refractivity contribution in [2.45, 2.75) is 98.2 Å². The predicted octanol–water partition coefficient (Wildman–Crippen LogP) is 7.89. The fraction of sp³-hybridized carbons (Fsp3) is 0.692. The molecule has 0 aliphatic carbocycles. The minimum absolute atomic E-state index is 0.0586. The summed E-state index contributed by atoms with van der Waals surface area (Å²) in [6.07, 6.45) is 12.5. The summed E-state index contributed by atoms with van der Waals surface area (Å²) in [5.41, 5.74) is 2.15. The highest BCUT2D eigenvalue weighted by atomic mass is 19.2. The van der Waals surface area contributed by atoms with Crippen LogP contribution in [0.15, 0.2) is 46.3 Å². The van der Waals surface area contributed by atoms with Crippen LogP contribution >= 0.6 is 0 Å². The second-order valence-electron chi connectivity index (χ2n) is 8.21. The van der Waals surface area contributed by atoms with Crippen molar-refractivity contribution < 1.29 is 23.0 Å². The Kier molecular flexibility index (Phi) is 13.7. The van der Waals surface area contributed by atoms with E-state index in [4.69, 9.17) is 14.2 Å². The van der Waals surface area contributed by atoms with Gasteiger partial charge in [-0.1, -0.05) is 52.2 Å². The molecule has 0 bridgehead atoms. The Hall–Kier alpha value is -1.46. The number of hydrogen-bond donors (Lipinski definition) is 0. The van der Waals surface area contributed by atoms with Crippen LogP contribution in [-0.4, -0.2) is 32.5 Å². The van der Waals surface area contributed by atoms with Gasteiger partial charge in [0, 0.05) is 0 Å². The lowest BCUT2D eigenvalue weighted by atomic mass is 10.0. The molecular formula is C26H42F2O3. The van der Waals surface area contributed by atoms with E-state index in [0.717, 1.165) is 31.3 Å². The summed E-state index contributed by atoms with van der Waals surface area (Å²) in [7, 11) is 1.33. The Labute approximate surface area is 188 Å². The first-order valence-electron chi connectivity index (χ1n) is 11.8. The summed E-state index contributed by atoms with van der Waals surface area (Å²) in [6.45, 7) is 10.5. The van der Waals surface area contributed by atoms with Gasteiger partial charge in [0.2, 0.25) is 0 Å². The summed E-state index contributed by atoms with van der Waals surface area (Å²) >= 11 is 0. The van der Waals surface area contributed by atoms with Crippen molar-refractivity contribution in [1.29, 1.82) is 0 Å². The third-order valence-corrected chi connectivity index (χ3v) is 5.89. The van der Waals surface area contributed by atoms with E-state index in [1.165, 1.54) is 33.3 Å². The van der Waals surface area contributed by atoms with Crippen molar-refractivity contribution in [3.63, 3.8) is 0 Å². The molecule has 0 aromatic heterocycles. The summed E-state index contributed by atoms with van der Waals surface area (Å²) in [4.78, 5) is 0. The summed E-state index contributed by atoms with van der Waals surface area (Å²) < 4.78 is 45.5. The van der Waals surface area contributed by atoms with E-state index in [0.29, 0.717) is 36.9 Å². The summed E-state index contributed by atoms with van der Waals surface area (Å²) in [5.74, 6) is -1.86. The van der Waals surface area contributed by atoms with Crippen LogP contribution in [0.2, 0.25) is 0 Å². The van der Waals surface area contributed by atoms with Crippen molar-refractivity contribution in [1.82, 2.24) is 0 Å². The topological polar surface area (TPSA) is 27.7 Å². The second kappa shape index (κ2) is 15.4. The van der Waals surface area contributed by atoms with Crippen LogP contribution < -0.4 is 0 Å². The maximum Gasteiger partial charge on any atom is 0.196 e. The van der Waals surface area contributed by atoms with Crippen LogP contribution in [0.3, 0.4) is 0 Å². The van der Waals surface area contributed by atoms with Crippen LogP contribution in [-0.2, 0) is 14.2 Å². The van der Waals surface area contributed by atoms with Gasteiger partial charge in [0.1, 0.15) is 5.76 Å². The fourth-order valence-electron chi connectivity index (χ4n) is 3.58. The van der Waals surface area contributed by atoms with Gasteiger partial charge in [0.05, 0.1) is 32.5 Å². The Morgan fingerprint density at radius 2 is 1.74 bits per heavy atom. The normalized spacial score (nSPS) is 22.2. The third-order valence-electron chi connectivity index (χ3n) is 5.89. The highest BCUT2D eigenvalue weighted by Crippen LogP contribution is 2.28. The number of methoxy groups -OCH3 is 1. The monoisotopic (exact) mass is 440 g/mol. The van der Waals surface area contributed by atoms with Crippen LogP contribution in [0.5, 0.6) is 0 Å². The molecule has 0 N–H and O–H groups in total. The van der Waals surface area contributed by atoms with Gasteiger partial charge < -0.3 is 14.2 Å². The van der Waals surface area contributed by atoms with Gasteiger partial charge in [-0.15, -0.1) is 0 Å². The second-order valence-corrected chi connectivity index (χ2v) is 8.21. The number of ether oxygens (including phenoxy) is 3. The molecule has 2 unspecified atom stereocenters. The lowest BCUT2D eigenvalue weighted by Crippen LogP contribution is -2.31. The molecule has 1 heterocycles. The van der Waals surface area contributed by atoms with Gasteiger partial charge in [-0.25, -0.2) is 8.78 Å². The van der Waals surface area contributed by atoms with Gasteiger partial charge in [-0.2, -0.15) is 0 Å². The van der Waals surface area contributed by atoms with E-state index in [-0.39, 0.29) is 11.9 Å². The molecule has 0 spiro atoms. The van der Waals surface area contributed by atoms with Crippen molar-refractivity contribution in [3.8, 4) is 0 Å². The van der Waals surface area contributed by atoms with E-state index in [1.54, 1.807) is 6.92 Å². The molecule has 1 aliphatic rings. The zero-order valence-corrected chi connectivity index (χ0v) is 20.4. The number of hydrogen-bond acceptors (Lipinski definition) is 3. The molecule has 0 saturated carbocycles. The van der Waals surface area contributed by atoms with Crippen LogP contribution in [0, 0.1) is 0 Å². The van der Waals surface area contributed by atoms with Crippen molar-refractivity contribution >= 4 is 0 Å². The molecule has 1 fully saturated rings. The highest BCUT2D eigenvalue weighted by Gasteiger charge is 2.22. The van der Waals surface area contributed by atoms with Gasteiger partial charge in [-0.3, -0.25) is 0 Å². The van der Waals surface area contributed by atoms with E-state index >= 15 is 0 Å². The molecule has 5 heteroatoms. The Bertz CT molecular complexity index is 654. The molecule has 0 aromatic rings. The first-order valence-corrected chi connectivity index (χ1v) is 11.8. The Balaban J connectivity index is 2.68. The number of rotatable bonds is 13. The standard InChI is InChI=1S/C26H42F2O3/c1-7-10-11-12-22-15-16-23(18-31-22)30-17-21(8-2)14-13-19(4)24(9-3)26(28)25(27)20(5)29-6/h13-14,22-23H,7-12,15-18H2,1-6H3/b19-13+,21-14+,25-20-,26-24-. The van der Waals surface area contributed by atoms with Gasteiger partial charge >= 0.3 is 0 Å². The average Bonchev–Trinajstić information content (AvgIpc) is 2.79. The molecule has 31 heavy (non-hydrogen) atoms. The van der Waals surface area contributed by atoms with E-state index in [1.807, 2.05) is 19.1 Å². The van der Waals surface area contributed by atoms with Crippen molar-refractivity contribution in [3.05, 3.63) is 46.3 Å². The third kappa shape index (κ3) is 9.69. The van der Waals surface area contributed by atoms with Crippen LogP contribution in [0.1, 0.15) is 86.0 Å². The number of allylic oxidation sites excluding steroid dienone is 7. The van der Waals surface area contributed by atoms with Gasteiger partial charge in [-0.05, 0) is 62.7 Å². The predicted molar refractivity (Wildman–Crippen MR) is 124 cm³/mol. The van der Waals surface area contributed by atoms with Crippen LogP contribution in [0.4, 0.5) is 8.78 Å². The van der Waals surface area contributed by atoms with Crippen molar-refractivity contribution in [2.75, 3.05) is 20.3 Å². The fourth-order valence-corrected chi connectivity index (χ4v) is 3.58. The molecule has 1 aliphatic heterocycles. The minimum Gasteiger partial charge on any atom is -0.498 e. The van der Waals surface area contributed by atoms with Gasteiger partial charge in [0.15, 0.2) is 11.7 Å². The minimum atomic E-state index is -0.944. The SMILES string of the molecule is CCCCCC1CCC(OC/C(=C/C=C(C)/C(CC)=C(F)/C(F)=C(\C)OC)CC)CO1. The molecule has 1 saturated heterocycles. The largest absolute Gasteiger partial charge is 0.498 e. The first-order chi connectivity index (χ1) is 14.9. The lowest BCUT2D eigenvalue weighted by molar-refractivity contribution is -0.0831. The van der Waals surface area contributed by atoms with E-state index in [2.05, 4.69) is 13.8 Å². The zero-order chi connectivity index (χ0) is 23.2. The maximum atomic E-state index is 14.5. The summed E-state index contributed by atoms with van der Waals surface area (Å²) in [6, 6.07) is 0. The maximum absolute atomic E-state index is 14.5. The molecule has 0 radical (unpaired) electrons. The average molecular weight is 441 g/mol. The lowest BCUT2D eigenvalue weighted by Gasteiger charge is -2.29.